The smallest absolute Gasteiger partial charge is 0.326 e. The second-order valence-electron chi connectivity index (χ2n) is 7.63. The minimum Gasteiger partial charge on any atom is -0.493 e. The van der Waals surface area contributed by atoms with E-state index in [1.807, 2.05) is 18.2 Å². The molecule has 31 heavy (non-hydrogen) atoms. The summed E-state index contributed by atoms with van der Waals surface area (Å²) in [7, 11) is 1.59. The van der Waals surface area contributed by atoms with E-state index in [1.54, 1.807) is 13.2 Å². The number of methoxy groups -OCH3 is 1. The van der Waals surface area contributed by atoms with Gasteiger partial charge >= 0.3 is 5.97 Å². The molecule has 1 aliphatic carbocycles. The summed E-state index contributed by atoms with van der Waals surface area (Å²) in [5, 5.41) is 0. The Morgan fingerprint density at radius 2 is 2.03 bits per heavy atom. The van der Waals surface area contributed by atoms with Crippen molar-refractivity contribution in [3.63, 3.8) is 0 Å². The van der Waals surface area contributed by atoms with Crippen LogP contribution in [0.1, 0.15) is 57.4 Å². The molecule has 1 heterocycles. The zero-order valence-corrected chi connectivity index (χ0v) is 19.7. The lowest BCUT2D eigenvalue weighted by atomic mass is 9.98. The van der Waals surface area contributed by atoms with Gasteiger partial charge in [0.25, 0.3) is 5.91 Å². The molecule has 0 N–H and O–H groups in total. The molecule has 0 spiro atoms. The highest BCUT2D eigenvalue weighted by atomic mass is 32.2. The molecule has 1 aromatic rings. The predicted octanol–water partition coefficient (Wildman–Crippen LogP) is 4.95. The largest absolute Gasteiger partial charge is 0.493 e. The Morgan fingerprint density at radius 3 is 2.74 bits per heavy atom. The highest BCUT2D eigenvalue weighted by Crippen LogP contribution is 2.35. The van der Waals surface area contributed by atoms with Gasteiger partial charge in [-0.3, -0.25) is 14.5 Å². The third-order valence-corrected chi connectivity index (χ3v) is 6.63. The Morgan fingerprint density at radius 1 is 1.26 bits per heavy atom. The van der Waals surface area contributed by atoms with Crippen molar-refractivity contribution in [3.05, 3.63) is 28.7 Å². The van der Waals surface area contributed by atoms with E-state index in [1.165, 1.54) is 23.1 Å². The quantitative estimate of drug-likeness (QED) is 0.222. The first kappa shape index (κ1) is 23.6. The van der Waals surface area contributed by atoms with Gasteiger partial charge in [0.2, 0.25) is 0 Å². The molecule has 2 aliphatic rings. The Hall–Kier alpha value is -2.06. The number of rotatable bonds is 9. The molecular weight excluding hydrogens is 434 g/mol. The molecule has 0 bridgehead atoms. The van der Waals surface area contributed by atoms with E-state index < -0.39 is 5.97 Å². The summed E-state index contributed by atoms with van der Waals surface area (Å²) in [6.07, 6.45) is 8.86. The molecule has 6 nitrogen and oxygen atoms in total. The molecule has 1 saturated heterocycles. The average Bonchev–Trinajstić information content (AvgIpc) is 3.02. The van der Waals surface area contributed by atoms with Crippen LogP contribution in [-0.4, -0.2) is 47.5 Å². The van der Waals surface area contributed by atoms with Gasteiger partial charge < -0.3 is 14.2 Å². The summed E-state index contributed by atoms with van der Waals surface area (Å²) in [4.78, 5) is 26.9. The number of benzene rings is 1. The molecule has 0 atom stereocenters. The summed E-state index contributed by atoms with van der Waals surface area (Å²) in [5.41, 5.74) is 0.796. The second kappa shape index (κ2) is 11.5. The summed E-state index contributed by atoms with van der Waals surface area (Å²) in [5.74, 6) is 0.597. The Balaban J connectivity index is 1.64. The van der Waals surface area contributed by atoms with Gasteiger partial charge in [0.15, 0.2) is 11.5 Å². The van der Waals surface area contributed by atoms with E-state index in [-0.39, 0.29) is 18.6 Å². The predicted molar refractivity (Wildman–Crippen MR) is 126 cm³/mol. The highest BCUT2D eigenvalue weighted by molar-refractivity contribution is 8.26. The third kappa shape index (κ3) is 6.46. The Kier molecular flexibility index (Phi) is 8.78. The summed E-state index contributed by atoms with van der Waals surface area (Å²) in [6, 6.07) is 5.53. The van der Waals surface area contributed by atoms with Crippen LogP contribution in [0.15, 0.2) is 23.1 Å². The van der Waals surface area contributed by atoms with Crippen molar-refractivity contribution in [2.45, 2.75) is 58.0 Å². The number of ether oxygens (including phenoxy) is 3. The molecule has 0 unspecified atom stereocenters. The van der Waals surface area contributed by atoms with E-state index >= 15 is 0 Å². The maximum Gasteiger partial charge on any atom is 0.326 e. The Bertz CT molecular complexity index is 848. The van der Waals surface area contributed by atoms with Crippen LogP contribution in [0.25, 0.3) is 6.08 Å². The molecule has 0 radical (unpaired) electrons. The van der Waals surface area contributed by atoms with Crippen LogP contribution >= 0.6 is 24.0 Å². The van der Waals surface area contributed by atoms with Gasteiger partial charge in [0.05, 0.1) is 18.6 Å². The van der Waals surface area contributed by atoms with Crippen LogP contribution < -0.4 is 9.47 Å². The Labute approximate surface area is 193 Å². The van der Waals surface area contributed by atoms with E-state index in [9.17, 15) is 9.59 Å². The monoisotopic (exact) mass is 463 g/mol. The minimum atomic E-state index is -0.403. The van der Waals surface area contributed by atoms with E-state index in [0.717, 1.165) is 44.1 Å². The molecule has 2 fully saturated rings. The lowest BCUT2D eigenvalue weighted by Gasteiger charge is -2.23. The first-order valence-corrected chi connectivity index (χ1v) is 12.0. The van der Waals surface area contributed by atoms with Crippen LogP contribution in [0.4, 0.5) is 0 Å². The number of hydrogen-bond acceptors (Lipinski definition) is 7. The molecule has 3 rings (SSSR count). The second-order valence-corrected chi connectivity index (χ2v) is 9.31. The number of hydrogen-bond donors (Lipinski definition) is 0. The molecule has 1 aromatic carbocycles. The number of amides is 1. The van der Waals surface area contributed by atoms with Crippen LogP contribution in [-0.2, 0) is 14.3 Å². The zero-order valence-electron chi connectivity index (χ0n) is 18.1. The van der Waals surface area contributed by atoms with E-state index in [4.69, 9.17) is 26.4 Å². The molecular formula is C23H29NO5S2. The summed E-state index contributed by atoms with van der Waals surface area (Å²) >= 11 is 6.53. The molecule has 1 amide bonds. The minimum absolute atomic E-state index is 0.0410. The number of thioether (sulfide) groups is 1. The lowest BCUT2D eigenvalue weighted by molar-refractivity contribution is -0.152. The maximum atomic E-state index is 12.8. The van der Waals surface area contributed by atoms with E-state index in [2.05, 4.69) is 6.92 Å². The fraction of sp³-hybridized carbons (Fsp3) is 0.522. The molecule has 1 aliphatic heterocycles. The maximum absolute atomic E-state index is 12.8. The van der Waals surface area contributed by atoms with Crippen molar-refractivity contribution < 1.29 is 23.8 Å². The topological polar surface area (TPSA) is 65.1 Å². The normalized spacial score (nSPS) is 18.5. The number of nitrogens with zero attached hydrogens (tertiary/aromatic N) is 1. The summed E-state index contributed by atoms with van der Waals surface area (Å²) < 4.78 is 17.1. The van der Waals surface area contributed by atoms with Gasteiger partial charge in [-0.25, -0.2) is 0 Å². The van der Waals surface area contributed by atoms with Gasteiger partial charge in [0, 0.05) is 0 Å². The van der Waals surface area contributed by atoms with Crippen LogP contribution in [0.5, 0.6) is 11.5 Å². The fourth-order valence-electron chi connectivity index (χ4n) is 3.54. The van der Waals surface area contributed by atoms with Gasteiger partial charge in [-0.2, -0.15) is 0 Å². The highest BCUT2D eigenvalue weighted by Gasteiger charge is 2.34. The SMILES string of the molecule is CCCCOc1ccc(/C=C2\SC(=S)N(CC(=O)OC3CCCCC3)C2=O)cc1OC. The van der Waals surface area contributed by atoms with Crippen LogP contribution in [0, 0.1) is 0 Å². The zero-order chi connectivity index (χ0) is 22.2. The van der Waals surface area contributed by atoms with Gasteiger partial charge in [-0.1, -0.05) is 49.8 Å². The van der Waals surface area contributed by atoms with Crippen molar-refractivity contribution in [1.29, 1.82) is 0 Å². The number of carbonyl (C=O) groups is 2. The van der Waals surface area contributed by atoms with Crippen molar-refractivity contribution in [2.24, 2.45) is 0 Å². The van der Waals surface area contributed by atoms with Crippen molar-refractivity contribution in [2.75, 3.05) is 20.3 Å². The van der Waals surface area contributed by atoms with Crippen molar-refractivity contribution >= 4 is 46.3 Å². The number of thiocarbonyl (C=S) groups is 1. The van der Waals surface area contributed by atoms with Gasteiger partial charge in [-0.05, 0) is 55.9 Å². The van der Waals surface area contributed by atoms with Crippen LogP contribution in [0.2, 0.25) is 0 Å². The van der Waals surface area contributed by atoms with Crippen molar-refractivity contribution in [1.82, 2.24) is 4.90 Å². The first-order valence-electron chi connectivity index (χ1n) is 10.8. The third-order valence-electron chi connectivity index (χ3n) is 5.25. The lowest BCUT2D eigenvalue weighted by Crippen LogP contribution is -2.36. The standard InChI is InChI=1S/C23H29NO5S2/c1-3-4-12-28-18-11-10-16(13-19(18)27-2)14-20-22(26)24(23(30)31-20)15-21(25)29-17-8-6-5-7-9-17/h10-11,13-14,17H,3-9,12,15H2,1-2H3/b20-14-. The fourth-order valence-corrected chi connectivity index (χ4v) is 4.80. The average molecular weight is 464 g/mol. The number of unbranched alkanes of at least 4 members (excludes halogenated alkanes) is 1. The molecule has 8 heteroatoms. The van der Waals surface area contributed by atoms with Crippen LogP contribution in [0.3, 0.4) is 0 Å². The van der Waals surface area contributed by atoms with Crippen molar-refractivity contribution in [3.8, 4) is 11.5 Å². The van der Waals surface area contributed by atoms with Gasteiger partial charge in [0.1, 0.15) is 17.0 Å². The molecule has 168 valence electrons. The summed E-state index contributed by atoms with van der Waals surface area (Å²) in [6.45, 7) is 2.59. The number of esters is 1. The number of carbonyl (C=O) groups excluding carboxylic acids is 2. The van der Waals surface area contributed by atoms with E-state index in [0.29, 0.717) is 27.3 Å². The van der Waals surface area contributed by atoms with Gasteiger partial charge in [-0.15, -0.1) is 0 Å². The molecule has 0 aromatic heterocycles. The molecule has 1 saturated carbocycles. The first-order chi connectivity index (χ1) is 15.0.